The summed E-state index contributed by atoms with van der Waals surface area (Å²) in [7, 11) is 0. The maximum atomic E-state index is 12.8. The van der Waals surface area contributed by atoms with Gasteiger partial charge in [0.15, 0.2) is 0 Å². The molecular weight excluding hydrogens is 394 g/mol. The average Bonchev–Trinajstić information content (AvgIpc) is 3.39. The first-order valence-corrected chi connectivity index (χ1v) is 10.0. The summed E-state index contributed by atoms with van der Waals surface area (Å²) in [6, 6.07) is 8.34. The number of piperazine rings is 1. The van der Waals surface area contributed by atoms with Crippen molar-refractivity contribution in [3.63, 3.8) is 0 Å². The van der Waals surface area contributed by atoms with Gasteiger partial charge in [-0.25, -0.2) is 0 Å². The molecule has 2 heterocycles. The third kappa shape index (κ3) is 3.58. The van der Waals surface area contributed by atoms with Crippen molar-refractivity contribution >= 4 is 21.8 Å². The van der Waals surface area contributed by atoms with E-state index in [9.17, 15) is 4.79 Å². The predicted molar refractivity (Wildman–Crippen MR) is 103 cm³/mol. The second kappa shape index (κ2) is 7.16. The Balaban J connectivity index is 1.30. The molecule has 2 atom stereocenters. The van der Waals surface area contributed by atoms with E-state index in [-0.39, 0.29) is 5.92 Å². The maximum Gasteiger partial charge on any atom is 0.226 e. The molecule has 1 amide bonds. The van der Waals surface area contributed by atoms with Crippen LogP contribution in [0, 0.1) is 19.8 Å². The molecule has 0 N–H and O–H groups in total. The van der Waals surface area contributed by atoms with Gasteiger partial charge in [0.1, 0.15) is 5.76 Å². The van der Waals surface area contributed by atoms with E-state index in [0.29, 0.717) is 11.8 Å². The molecule has 26 heavy (non-hydrogen) atoms. The molecule has 2 aliphatic rings. The molecule has 2 aromatic rings. The van der Waals surface area contributed by atoms with Gasteiger partial charge in [-0.05, 0) is 43.9 Å². The van der Waals surface area contributed by atoms with Crippen LogP contribution in [-0.2, 0) is 11.3 Å². The minimum absolute atomic E-state index is 0.165. The van der Waals surface area contributed by atoms with Crippen LogP contribution >= 0.6 is 15.9 Å². The lowest BCUT2D eigenvalue weighted by molar-refractivity contribution is -0.134. The van der Waals surface area contributed by atoms with Crippen molar-refractivity contribution in [1.82, 2.24) is 15.0 Å². The summed E-state index contributed by atoms with van der Waals surface area (Å²) in [5.74, 6) is 1.78. The Morgan fingerprint density at radius 2 is 2.04 bits per heavy atom. The normalized spacial score (nSPS) is 23.3. The quantitative estimate of drug-likeness (QED) is 0.763. The van der Waals surface area contributed by atoms with E-state index < -0.39 is 0 Å². The third-order valence-corrected chi connectivity index (χ3v) is 6.12. The van der Waals surface area contributed by atoms with Gasteiger partial charge in [0.05, 0.1) is 5.69 Å². The van der Waals surface area contributed by atoms with E-state index in [0.717, 1.165) is 55.1 Å². The molecule has 5 nitrogen and oxygen atoms in total. The number of carbonyl (C=O) groups excluding carboxylic acids is 1. The minimum Gasteiger partial charge on any atom is -0.361 e. The van der Waals surface area contributed by atoms with E-state index in [1.54, 1.807) is 0 Å². The van der Waals surface area contributed by atoms with Crippen molar-refractivity contribution < 1.29 is 9.32 Å². The van der Waals surface area contributed by atoms with Gasteiger partial charge in [0, 0.05) is 48.7 Å². The molecule has 1 saturated heterocycles. The van der Waals surface area contributed by atoms with Crippen LogP contribution in [0.3, 0.4) is 0 Å². The zero-order chi connectivity index (χ0) is 18.3. The van der Waals surface area contributed by atoms with Gasteiger partial charge in [-0.1, -0.05) is 33.2 Å². The van der Waals surface area contributed by atoms with Gasteiger partial charge >= 0.3 is 0 Å². The summed E-state index contributed by atoms with van der Waals surface area (Å²) in [6.45, 7) is 8.24. The molecule has 0 bridgehead atoms. The van der Waals surface area contributed by atoms with Crippen molar-refractivity contribution in [2.75, 3.05) is 26.2 Å². The summed E-state index contributed by atoms with van der Waals surface area (Å²) < 4.78 is 6.34. The number of hydrogen-bond donors (Lipinski definition) is 0. The predicted octanol–water partition coefficient (Wildman–Crippen LogP) is 3.50. The van der Waals surface area contributed by atoms with Crippen LogP contribution in [0.25, 0.3) is 0 Å². The number of hydrogen-bond acceptors (Lipinski definition) is 4. The number of amides is 1. The first-order chi connectivity index (χ1) is 12.5. The lowest BCUT2D eigenvalue weighted by Crippen LogP contribution is -2.48. The van der Waals surface area contributed by atoms with Gasteiger partial charge in [0.25, 0.3) is 0 Å². The van der Waals surface area contributed by atoms with Gasteiger partial charge in [-0.3, -0.25) is 9.69 Å². The zero-order valence-electron chi connectivity index (χ0n) is 15.2. The van der Waals surface area contributed by atoms with Crippen molar-refractivity contribution in [2.45, 2.75) is 32.7 Å². The fourth-order valence-electron chi connectivity index (χ4n) is 3.89. The summed E-state index contributed by atoms with van der Waals surface area (Å²) >= 11 is 3.52. The Hall–Kier alpha value is -1.66. The molecule has 0 spiro atoms. The van der Waals surface area contributed by atoms with Crippen LogP contribution < -0.4 is 0 Å². The molecule has 1 aromatic heterocycles. The monoisotopic (exact) mass is 417 g/mol. The molecule has 0 radical (unpaired) electrons. The largest absolute Gasteiger partial charge is 0.361 e. The highest BCUT2D eigenvalue weighted by molar-refractivity contribution is 9.10. The Bertz CT molecular complexity index is 792. The van der Waals surface area contributed by atoms with Crippen molar-refractivity contribution in [1.29, 1.82) is 0 Å². The molecule has 2 fully saturated rings. The fourth-order valence-corrected chi connectivity index (χ4v) is 4.30. The summed E-state index contributed by atoms with van der Waals surface area (Å²) in [5.41, 5.74) is 3.42. The molecule has 4 rings (SSSR count). The first kappa shape index (κ1) is 17.7. The van der Waals surface area contributed by atoms with Crippen molar-refractivity contribution in [2.24, 2.45) is 5.92 Å². The highest BCUT2D eigenvalue weighted by Gasteiger charge is 2.46. The standard InChI is InChI=1S/C20H24BrN3O2/c1-13-19(14(2)26-22-13)12-23-6-8-24(9-7-23)20(25)18-11-17(18)15-4-3-5-16(21)10-15/h3-5,10,17-18H,6-9,11-12H2,1-2H3. The van der Waals surface area contributed by atoms with E-state index in [1.807, 2.05) is 30.9 Å². The zero-order valence-corrected chi connectivity index (χ0v) is 16.8. The molecule has 138 valence electrons. The Morgan fingerprint density at radius 3 is 2.69 bits per heavy atom. The number of rotatable bonds is 4. The van der Waals surface area contributed by atoms with E-state index in [4.69, 9.17) is 4.52 Å². The van der Waals surface area contributed by atoms with E-state index in [2.05, 4.69) is 38.1 Å². The molecule has 6 heteroatoms. The second-order valence-electron chi connectivity index (χ2n) is 7.41. The lowest BCUT2D eigenvalue weighted by atomic mass is 10.1. The molecule has 1 saturated carbocycles. The van der Waals surface area contributed by atoms with Gasteiger partial charge < -0.3 is 9.42 Å². The highest BCUT2D eigenvalue weighted by atomic mass is 79.9. The summed E-state index contributed by atoms with van der Waals surface area (Å²) in [6.07, 6.45) is 0.981. The number of aromatic nitrogens is 1. The topological polar surface area (TPSA) is 49.6 Å². The number of halogens is 1. The Morgan fingerprint density at radius 1 is 1.27 bits per heavy atom. The van der Waals surface area contributed by atoms with Crippen LogP contribution in [0.2, 0.25) is 0 Å². The molecule has 1 aromatic carbocycles. The van der Waals surface area contributed by atoms with Gasteiger partial charge in [-0.15, -0.1) is 0 Å². The molecule has 1 aliphatic heterocycles. The van der Waals surface area contributed by atoms with Crippen molar-refractivity contribution in [3.8, 4) is 0 Å². The minimum atomic E-state index is 0.165. The van der Waals surface area contributed by atoms with Gasteiger partial charge in [0.2, 0.25) is 5.91 Å². The third-order valence-electron chi connectivity index (χ3n) is 5.63. The van der Waals surface area contributed by atoms with Crippen LogP contribution in [0.15, 0.2) is 33.3 Å². The number of carbonyl (C=O) groups is 1. The van der Waals surface area contributed by atoms with Crippen molar-refractivity contribution in [3.05, 3.63) is 51.3 Å². The van der Waals surface area contributed by atoms with E-state index in [1.165, 1.54) is 11.1 Å². The Labute approximate surface area is 162 Å². The maximum absolute atomic E-state index is 12.8. The highest BCUT2D eigenvalue weighted by Crippen LogP contribution is 2.48. The van der Waals surface area contributed by atoms with Crippen LogP contribution in [0.4, 0.5) is 0 Å². The number of benzene rings is 1. The van der Waals surface area contributed by atoms with Crippen LogP contribution in [0.5, 0.6) is 0 Å². The first-order valence-electron chi connectivity index (χ1n) is 9.21. The number of aryl methyl sites for hydroxylation is 2. The number of nitrogens with zero attached hydrogens (tertiary/aromatic N) is 3. The molecule has 1 aliphatic carbocycles. The summed E-state index contributed by atoms with van der Waals surface area (Å²) in [5, 5.41) is 4.03. The van der Waals surface area contributed by atoms with E-state index >= 15 is 0 Å². The lowest BCUT2D eigenvalue weighted by Gasteiger charge is -2.35. The average molecular weight is 418 g/mol. The van der Waals surface area contributed by atoms with Gasteiger partial charge in [-0.2, -0.15) is 0 Å². The fraction of sp³-hybridized carbons (Fsp3) is 0.500. The molecule has 2 unspecified atom stereocenters. The van der Waals surface area contributed by atoms with Crippen LogP contribution in [0.1, 0.15) is 34.9 Å². The second-order valence-corrected chi connectivity index (χ2v) is 8.32. The molecular formula is C20H24BrN3O2. The smallest absolute Gasteiger partial charge is 0.226 e. The SMILES string of the molecule is Cc1noc(C)c1CN1CCN(C(=O)C2CC2c2cccc(Br)c2)CC1. The Kier molecular flexibility index (Phi) is 4.88. The summed E-state index contributed by atoms with van der Waals surface area (Å²) in [4.78, 5) is 17.3. The van der Waals surface area contributed by atoms with Crippen LogP contribution in [-0.4, -0.2) is 47.0 Å².